The van der Waals surface area contributed by atoms with Gasteiger partial charge in [0.25, 0.3) is 0 Å². The number of nitrogens with zero attached hydrogens (tertiary/aromatic N) is 2. The predicted molar refractivity (Wildman–Crippen MR) is 57.3 cm³/mol. The molecule has 4 nitrogen and oxygen atoms in total. The first kappa shape index (κ1) is 10.6. The molecule has 0 aliphatic carbocycles. The number of rotatable bonds is 2. The Morgan fingerprint density at radius 1 is 1.60 bits per heavy atom. The molecule has 1 aliphatic heterocycles. The molecule has 1 aliphatic rings. The molecule has 0 amide bonds. The monoisotopic (exact) mass is 223 g/mol. The highest BCUT2D eigenvalue weighted by Crippen LogP contribution is 2.30. The molecule has 5 heteroatoms. The lowest BCUT2D eigenvalue weighted by molar-refractivity contribution is 0.0509. The minimum atomic E-state index is -0.345. The Labute approximate surface area is 92.7 Å². The van der Waals surface area contributed by atoms with Crippen molar-refractivity contribution in [3.63, 3.8) is 0 Å². The molecule has 2 rings (SSSR count). The molecule has 1 fully saturated rings. The lowest BCUT2D eigenvalue weighted by Gasteiger charge is -2.31. The van der Waals surface area contributed by atoms with Crippen LogP contribution in [0.2, 0.25) is 0 Å². The Balaban J connectivity index is 2.17. The third kappa shape index (κ3) is 2.17. The Morgan fingerprint density at radius 3 is 3.00 bits per heavy atom. The van der Waals surface area contributed by atoms with Crippen LogP contribution in [-0.2, 0) is 16.7 Å². The second-order valence-electron chi connectivity index (χ2n) is 3.73. The zero-order valence-corrected chi connectivity index (χ0v) is 9.22. The zero-order chi connectivity index (χ0) is 10.7. The van der Waals surface area contributed by atoms with Gasteiger partial charge in [-0.15, -0.1) is 11.3 Å². The van der Waals surface area contributed by atoms with E-state index in [1.54, 1.807) is 0 Å². The number of nitrogens with two attached hydrogens (primary N) is 1. The largest absolute Gasteiger partial charge is 0.381 e. The Morgan fingerprint density at radius 2 is 2.33 bits per heavy atom. The summed E-state index contributed by atoms with van der Waals surface area (Å²) in [5, 5.41) is 11.4. The molecule has 1 aromatic heterocycles. The van der Waals surface area contributed by atoms with Crippen LogP contribution < -0.4 is 5.73 Å². The van der Waals surface area contributed by atoms with E-state index in [1.807, 2.05) is 5.38 Å². The molecule has 0 unspecified atom stereocenters. The molecule has 1 saturated heterocycles. The second kappa shape index (κ2) is 4.27. The maximum atomic E-state index is 8.57. The van der Waals surface area contributed by atoms with Gasteiger partial charge >= 0.3 is 0 Å². The Bertz CT molecular complexity index is 376. The maximum Gasteiger partial charge on any atom is 0.107 e. The topological polar surface area (TPSA) is 71.9 Å². The Kier molecular flexibility index (Phi) is 3.00. The summed E-state index contributed by atoms with van der Waals surface area (Å²) in [5.74, 6) is 0. The number of nitriles is 1. The fourth-order valence-corrected chi connectivity index (χ4v) is 2.51. The fraction of sp³-hybridized carbons (Fsp3) is 0.600. The smallest absolute Gasteiger partial charge is 0.107 e. The van der Waals surface area contributed by atoms with E-state index in [0.29, 0.717) is 19.6 Å². The summed E-state index contributed by atoms with van der Waals surface area (Å²) < 4.78 is 5.28. The van der Waals surface area contributed by atoms with E-state index in [0.717, 1.165) is 23.5 Å². The fourth-order valence-electron chi connectivity index (χ4n) is 1.68. The van der Waals surface area contributed by atoms with Gasteiger partial charge in [-0.05, 0) is 12.8 Å². The predicted octanol–water partition coefficient (Wildman–Crippen LogP) is 1.17. The van der Waals surface area contributed by atoms with Crippen LogP contribution in [0.4, 0.5) is 0 Å². The van der Waals surface area contributed by atoms with E-state index in [2.05, 4.69) is 11.1 Å². The van der Waals surface area contributed by atoms with Crippen molar-refractivity contribution in [1.82, 2.24) is 4.98 Å². The van der Waals surface area contributed by atoms with Crippen molar-refractivity contribution in [2.45, 2.75) is 24.8 Å². The summed E-state index contributed by atoms with van der Waals surface area (Å²) >= 11 is 1.51. The van der Waals surface area contributed by atoms with Crippen LogP contribution in [0.5, 0.6) is 0 Å². The quantitative estimate of drug-likeness (QED) is 0.817. The molecule has 80 valence electrons. The highest BCUT2D eigenvalue weighted by molar-refractivity contribution is 7.09. The van der Waals surface area contributed by atoms with Crippen molar-refractivity contribution < 1.29 is 4.74 Å². The second-order valence-corrected chi connectivity index (χ2v) is 4.67. The molecule has 0 radical (unpaired) electrons. The highest BCUT2D eigenvalue weighted by Gasteiger charge is 2.32. The summed E-state index contributed by atoms with van der Waals surface area (Å²) in [6, 6.07) is 2.10. The van der Waals surface area contributed by atoms with Crippen LogP contribution in [0.1, 0.15) is 23.5 Å². The third-order valence-electron chi connectivity index (χ3n) is 2.68. The van der Waals surface area contributed by atoms with Gasteiger partial charge in [0.05, 0.1) is 23.7 Å². The standard InChI is InChI=1S/C10H13N3OS/c11-4-1-9-13-8(7-15-9)10(12)2-5-14-6-3-10/h7H,1-3,5-6,12H2. The molecule has 15 heavy (non-hydrogen) atoms. The summed E-state index contributed by atoms with van der Waals surface area (Å²) in [4.78, 5) is 4.41. The van der Waals surface area contributed by atoms with Gasteiger partial charge < -0.3 is 10.5 Å². The van der Waals surface area contributed by atoms with Crippen LogP contribution in [0.3, 0.4) is 0 Å². The number of aromatic nitrogens is 1. The van der Waals surface area contributed by atoms with Gasteiger partial charge in [-0.3, -0.25) is 0 Å². The molecule has 1 aromatic rings. The average molecular weight is 223 g/mol. The summed E-state index contributed by atoms with van der Waals surface area (Å²) in [6.45, 7) is 1.39. The van der Waals surface area contributed by atoms with Crippen LogP contribution in [0.25, 0.3) is 0 Å². The number of hydrogen-bond donors (Lipinski definition) is 1. The SMILES string of the molecule is N#CCc1nc(C2(N)CCOCC2)cs1. The van der Waals surface area contributed by atoms with Gasteiger partial charge in [-0.1, -0.05) is 0 Å². The first-order valence-corrected chi connectivity index (χ1v) is 5.81. The zero-order valence-electron chi connectivity index (χ0n) is 8.40. The summed E-state index contributed by atoms with van der Waals surface area (Å²) in [5.41, 5.74) is 6.84. The van der Waals surface area contributed by atoms with E-state index < -0.39 is 0 Å². The van der Waals surface area contributed by atoms with Gasteiger partial charge in [0.1, 0.15) is 5.01 Å². The van der Waals surface area contributed by atoms with Gasteiger partial charge in [-0.2, -0.15) is 5.26 Å². The number of hydrogen-bond acceptors (Lipinski definition) is 5. The Hall–Kier alpha value is -0.960. The minimum absolute atomic E-state index is 0.345. The minimum Gasteiger partial charge on any atom is -0.381 e. The number of thiazole rings is 1. The molecular weight excluding hydrogens is 210 g/mol. The molecule has 0 atom stereocenters. The summed E-state index contributed by atoms with van der Waals surface area (Å²) in [7, 11) is 0. The molecular formula is C10H13N3OS. The average Bonchev–Trinajstić information content (AvgIpc) is 2.69. The first-order valence-electron chi connectivity index (χ1n) is 4.93. The first-order chi connectivity index (χ1) is 7.24. The normalized spacial score (nSPS) is 19.7. The molecule has 0 bridgehead atoms. The van der Waals surface area contributed by atoms with Crippen LogP contribution >= 0.6 is 11.3 Å². The van der Waals surface area contributed by atoms with Gasteiger partial charge in [-0.25, -0.2) is 4.98 Å². The molecule has 0 saturated carbocycles. The van der Waals surface area contributed by atoms with Gasteiger partial charge in [0, 0.05) is 18.6 Å². The lowest BCUT2D eigenvalue weighted by Crippen LogP contribution is -2.42. The lowest BCUT2D eigenvalue weighted by atomic mass is 9.88. The van der Waals surface area contributed by atoms with E-state index in [4.69, 9.17) is 15.7 Å². The van der Waals surface area contributed by atoms with Crippen molar-refractivity contribution in [3.05, 3.63) is 16.1 Å². The molecule has 2 N–H and O–H groups in total. The van der Waals surface area contributed by atoms with Gasteiger partial charge in [0.15, 0.2) is 0 Å². The molecule has 0 aromatic carbocycles. The van der Waals surface area contributed by atoms with Crippen molar-refractivity contribution in [3.8, 4) is 6.07 Å². The summed E-state index contributed by atoms with van der Waals surface area (Å²) in [6.07, 6.45) is 1.99. The third-order valence-corrected chi connectivity index (χ3v) is 3.53. The van der Waals surface area contributed by atoms with E-state index in [1.165, 1.54) is 11.3 Å². The van der Waals surface area contributed by atoms with Crippen molar-refractivity contribution in [2.75, 3.05) is 13.2 Å². The van der Waals surface area contributed by atoms with E-state index >= 15 is 0 Å². The van der Waals surface area contributed by atoms with E-state index in [-0.39, 0.29) is 5.54 Å². The van der Waals surface area contributed by atoms with Gasteiger partial charge in [0.2, 0.25) is 0 Å². The van der Waals surface area contributed by atoms with Crippen molar-refractivity contribution in [2.24, 2.45) is 5.73 Å². The van der Waals surface area contributed by atoms with Crippen molar-refractivity contribution >= 4 is 11.3 Å². The van der Waals surface area contributed by atoms with Crippen molar-refractivity contribution in [1.29, 1.82) is 5.26 Å². The van der Waals surface area contributed by atoms with E-state index in [9.17, 15) is 0 Å². The number of ether oxygens (including phenoxy) is 1. The molecule has 0 spiro atoms. The highest BCUT2D eigenvalue weighted by atomic mass is 32.1. The van der Waals surface area contributed by atoms with Crippen LogP contribution in [0.15, 0.2) is 5.38 Å². The molecule has 2 heterocycles. The maximum absolute atomic E-state index is 8.57. The van der Waals surface area contributed by atoms with Crippen LogP contribution in [-0.4, -0.2) is 18.2 Å². The van der Waals surface area contributed by atoms with Crippen LogP contribution in [0, 0.1) is 11.3 Å².